The molecule has 0 bridgehead atoms. The second-order valence-corrected chi connectivity index (χ2v) is 6.78. The minimum Gasteiger partial charge on any atom is -0.493 e. The number of amides is 1. The number of benzene rings is 3. The summed E-state index contributed by atoms with van der Waals surface area (Å²) in [5.41, 5.74) is 2.43. The highest BCUT2D eigenvalue weighted by Crippen LogP contribution is 2.27. The van der Waals surface area contributed by atoms with Crippen molar-refractivity contribution >= 4 is 28.3 Å². The monoisotopic (exact) mass is 414 g/mol. The molecule has 0 aliphatic heterocycles. The number of para-hydroxylation sites is 2. The maximum absolute atomic E-state index is 12.8. The van der Waals surface area contributed by atoms with E-state index in [0.717, 1.165) is 16.6 Å². The van der Waals surface area contributed by atoms with E-state index in [9.17, 15) is 4.79 Å². The number of aromatic nitrogens is 2. The van der Waals surface area contributed by atoms with Crippen LogP contribution in [0.15, 0.2) is 72.8 Å². The average molecular weight is 414 g/mol. The Labute approximate surface area is 180 Å². The van der Waals surface area contributed by atoms with E-state index >= 15 is 0 Å². The fourth-order valence-corrected chi connectivity index (χ4v) is 3.18. The summed E-state index contributed by atoms with van der Waals surface area (Å²) >= 11 is 0. The number of hydrogen-bond donors (Lipinski definition) is 2. The molecule has 7 heteroatoms. The van der Waals surface area contributed by atoms with Crippen LogP contribution in [-0.4, -0.2) is 30.1 Å². The van der Waals surface area contributed by atoms with Gasteiger partial charge in [0, 0.05) is 17.6 Å². The first-order valence-electron chi connectivity index (χ1n) is 9.76. The average Bonchev–Trinajstić information content (AvgIpc) is 2.82. The Kier molecular flexibility index (Phi) is 5.93. The number of carbonyl (C=O) groups excluding carboxylic acids is 1. The van der Waals surface area contributed by atoms with Gasteiger partial charge in [0.2, 0.25) is 5.82 Å². The number of hydrogen-bond acceptors (Lipinski definition) is 6. The van der Waals surface area contributed by atoms with Gasteiger partial charge in [-0.25, -0.2) is 9.97 Å². The van der Waals surface area contributed by atoms with Crippen molar-refractivity contribution in [1.82, 2.24) is 15.3 Å². The SMILES string of the molecule is COc1ccc(CNC(=O)c2nc(Nc3ccccc3)c3ccccc3n2)cc1OC. The summed E-state index contributed by atoms with van der Waals surface area (Å²) in [6.45, 7) is 0.302. The number of nitrogens with zero attached hydrogens (tertiary/aromatic N) is 2. The van der Waals surface area contributed by atoms with Crippen molar-refractivity contribution in [3.05, 3.63) is 84.2 Å². The molecule has 0 aliphatic rings. The van der Waals surface area contributed by atoms with E-state index < -0.39 is 0 Å². The van der Waals surface area contributed by atoms with Gasteiger partial charge in [-0.3, -0.25) is 4.79 Å². The number of carbonyl (C=O) groups is 1. The number of anilines is 2. The molecule has 4 rings (SSSR count). The highest BCUT2D eigenvalue weighted by molar-refractivity contribution is 5.97. The van der Waals surface area contributed by atoms with E-state index in [4.69, 9.17) is 9.47 Å². The van der Waals surface area contributed by atoms with Crippen molar-refractivity contribution in [3.8, 4) is 11.5 Å². The molecule has 0 spiro atoms. The summed E-state index contributed by atoms with van der Waals surface area (Å²) < 4.78 is 10.6. The third kappa shape index (κ3) is 4.56. The van der Waals surface area contributed by atoms with E-state index in [1.807, 2.05) is 66.7 Å². The van der Waals surface area contributed by atoms with Crippen LogP contribution in [0.3, 0.4) is 0 Å². The molecule has 0 aliphatic carbocycles. The quantitative estimate of drug-likeness (QED) is 0.468. The van der Waals surface area contributed by atoms with Gasteiger partial charge < -0.3 is 20.1 Å². The molecule has 31 heavy (non-hydrogen) atoms. The molecular formula is C24H22N4O3. The summed E-state index contributed by atoms with van der Waals surface area (Å²) in [4.78, 5) is 21.8. The summed E-state index contributed by atoms with van der Waals surface area (Å²) in [7, 11) is 3.15. The van der Waals surface area contributed by atoms with Crippen LogP contribution in [0, 0.1) is 0 Å². The lowest BCUT2D eigenvalue weighted by atomic mass is 10.2. The zero-order valence-corrected chi connectivity index (χ0v) is 17.3. The fraction of sp³-hybridized carbons (Fsp3) is 0.125. The third-order valence-corrected chi connectivity index (χ3v) is 4.74. The van der Waals surface area contributed by atoms with Crippen LogP contribution in [-0.2, 0) is 6.54 Å². The molecular weight excluding hydrogens is 392 g/mol. The first-order chi connectivity index (χ1) is 15.2. The minimum absolute atomic E-state index is 0.0950. The maximum Gasteiger partial charge on any atom is 0.289 e. The summed E-state index contributed by atoms with van der Waals surface area (Å²) in [6.07, 6.45) is 0. The molecule has 1 aromatic heterocycles. The molecule has 2 N–H and O–H groups in total. The molecule has 4 aromatic rings. The number of rotatable bonds is 7. The largest absolute Gasteiger partial charge is 0.493 e. The Morgan fingerprint density at radius 2 is 1.61 bits per heavy atom. The van der Waals surface area contributed by atoms with Gasteiger partial charge in [0.1, 0.15) is 5.82 Å². The predicted molar refractivity (Wildman–Crippen MR) is 120 cm³/mol. The van der Waals surface area contributed by atoms with Crippen LogP contribution in [0.1, 0.15) is 16.2 Å². The number of nitrogens with one attached hydrogen (secondary N) is 2. The van der Waals surface area contributed by atoms with Gasteiger partial charge in [-0.05, 0) is 42.0 Å². The Morgan fingerprint density at radius 1 is 0.871 bits per heavy atom. The van der Waals surface area contributed by atoms with Gasteiger partial charge in [0.05, 0.1) is 19.7 Å². The molecule has 0 unspecified atom stereocenters. The van der Waals surface area contributed by atoms with Crippen LogP contribution in [0.5, 0.6) is 11.5 Å². The number of fused-ring (bicyclic) bond motifs is 1. The normalized spacial score (nSPS) is 10.5. The topological polar surface area (TPSA) is 85.4 Å². The fourth-order valence-electron chi connectivity index (χ4n) is 3.18. The number of ether oxygens (including phenoxy) is 2. The first-order valence-corrected chi connectivity index (χ1v) is 9.76. The van der Waals surface area contributed by atoms with Crippen molar-refractivity contribution in [3.63, 3.8) is 0 Å². The van der Waals surface area contributed by atoms with Gasteiger partial charge >= 0.3 is 0 Å². The smallest absolute Gasteiger partial charge is 0.289 e. The van der Waals surface area contributed by atoms with Crippen LogP contribution in [0.25, 0.3) is 10.9 Å². The molecule has 1 heterocycles. The van der Waals surface area contributed by atoms with Gasteiger partial charge in [0.25, 0.3) is 5.91 Å². The molecule has 0 atom stereocenters. The van der Waals surface area contributed by atoms with E-state index in [2.05, 4.69) is 20.6 Å². The molecule has 0 fully saturated rings. The van der Waals surface area contributed by atoms with Gasteiger partial charge in [-0.15, -0.1) is 0 Å². The van der Waals surface area contributed by atoms with Crippen molar-refractivity contribution < 1.29 is 14.3 Å². The lowest BCUT2D eigenvalue weighted by molar-refractivity contribution is 0.0941. The Balaban J connectivity index is 1.58. The standard InChI is InChI=1S/C24H22N4O3/c1-30-20-13-12-16(14-21(20)31-2)15-25-24(29)23-27-19-11-7-6-10-18(19)22(28-23)26-17-8-4-3-5-9-17/h3-14H,15H2,1-2H3,(H,25,29)(H,26,27,28). The highest BCUT2D eigenvalue weighted by atomic mass is 16.5. The zero-order chi connectivity index (χ0) is 21.6. The molecule has 156 valence electrons. The van der Waals surface area contributed by atoms with Crippen LogP contribution in [0.2, 0.25) is 0 Å². The summed E-state index contributed by atoms with van der Waals surface area (Å²) in [5, 5.41) is 6.99. The Hall–Kier alpha value is -4.13. The molecule has 0 radical (unpaired) electrons. The van der Waals surface area contributed by atoms with E-state index in [-0.39, 0.29) is 11.7 Å². The second-order valence-electron chi connectivity index (χ2n) is 6.78. The van der Waals surface area contributed by atoms with Gasteiger partial charge in [-0.2, -0.15) is 0 Å². The molecule has 3 aromatic carbocycles. The minimum atomic E-state index is -0.364. The zero-order valence-electron chi connectivity index (χ0n) is 17.3. The molecule has 0 saturated carbocycles. The third-order valence-electron chi connectivity index (χ3n) is 4.74. The summed E-state index contributed by atoms with van der Waals surface area (Å²) in [5.74, 6) is 1.54. The second kappa shape index (κ2) is 9.13. The van der Waals surface area contributed by atoms with E-state index in [1.165, 1.54) is 0 Å². The first kappa shape index (κ1) is 20.2. The van der Waals surface area contributed by atoms with E-state index in [0.29, 0.717) is 29.4 Å². The van der Waals surface area contributed by atoms with Crippen LogP contribution in [0.4, 0.5) is 11.5 Å². The van der Waals surface area contributed by atoms with Crippen molar-refractivity contribution in [1.29, 1.82) is 0 Å². The Bertz CT molecular complexity index is 1210. The van der Waals surface area contributed by atoms with Crippen LogP contribution < -0.4 is 20.1 Å². The van der Waals surface area contributed by atoms with Crippen molar-refractivity contribution in [2.45, 2.75) is 6.54 Å². The van der Waals surface area contributed by atoms with Crippen molar-refractivity contribution in [2.75, 3.05) is 19.5 Å². The lowest BCUT2D eigenvalue weighted by Crippen LogP contribution is -2.25. The molecule has 1 amide bonds. The highest BCUT2D eigenvalue weighted by Gasteiger charge is 2.14. The van der Waals surface area contributed by atoms with Gasteiger partial charge in [-0.1, -0.05) is 36.4 Å². The predicted octanol–water partition coefficient (Wildman–Crippen LogP) is 4.32. The molecule has 7 nitrogen and oxygen atoms in total. The van der Waals surface area contributed by atoms with Crippen LogP contribution >= 0.6 is 0 Å². The number of methoxy groups -OCH3 is 2. The Morgan fingerprint density at radius 3 is 2.39 bits per heavy atom. The summed E-state index contributed by atoms with van der Waals surface area (Å²) in [6, 6.07) is 22.8. The van der Waals surface area contributed by atoms with Crippen molar-refractivity contribution in [2.24, 2.45) is 0 Å². The molecule has 0 saturated heterocycles. The van der Waals surface area contributed by atoms with E-state index in [1.54, 1.807) is 20.3 Å². The maximum atomic E-state index is 12.8. The lowest BCUT2D eigenvalue weighted by Gasteiger charge is -2.12. The van der Waals surface area contributed by atoms with Gasteiger partial charge in [0.15, 0.2) is 11.5 Å².